The summed E-state index contributed by atoms with van der Waals surface area (Å²) in [5.74, 6) is 0. The molecule has 0 saturated carbocycles. The first-order valence-electron chi connectivity index (χ1n) is 7.03. The molecule has 0 aromatic heterocycles. The minimum absolute atomic E-state index is 0.183. The highest BCUT2D eigenvalue weighted by atomic mass is 14.4. The molecule has 0 fully saturated rings. The topological polar surface area (TPSA) is 0 Å². The highest BCUT2D eigenvalue weighted by Gasteiger charge is 2.37. The summed E-state index contributed by atoms with van der Waals surface area (Å²) in [6, 6.07) is 6.78. The van der Waals surface area contributed by atoms with Crippen LogP contribution in [0.2, 0.25) is 0 Å². The standard InChI is InChI=1S/C18H22/c1-12-7-5-9-14-16(11-12)18(3,4)15-10-6-8-13(2)17(14)15/h6,8,10-11H,5,7,9H2,1-4H3. The van der Waals surface area contributed by atoms with E-state index >= 15 is 0 Å². The Morgan fingerprint density at radius 2 is 1.83 bits per heavy atom. The van der Waals surface area contributed by atoms with E-state index in [1.54, 1.807) is 22.3 Å². The Kier molecular flexibility index (Phi) is 2.52. The number of hydrogen-bond acceptors (Lipinski definition) is 0. The number of hydrogen-bond donors (Lipinski definition) is 0. The molecule has 18 heavy (non-hydrogen) atoms. The molecule has 0 atom stereocenters. The van der Waals surface area contributed by atoms with Crippen molar-refractivity contribution >= 4 is 5.57 Å². The molecular weight excluding hydrogens is 216 g/mol. The second-order valence-electron chi connectivity index (χ2n) is 6.36. The van der Waals surface area contributed by atoms with Crippen molar-refractivity contribution in [1.82, 2.24) is 0 Å². The van der Waals surface area contributed by atoms with Gasteiger partial charge in [0, 0.05) is 5.41 Å². The van der Waals surface area contributed by atoms with Crippen molar-refractivity contribution in [2.45, 2.75) is 52.4 Å². The van der Waals surface area contributed by atoms with Crippen molar-refractivity contribution in [3.8, 4) is 0 Å². The van der Waals surface area contributed by atoms with E-state index in [0.717, 1.165) is 0 Å². The monoisotopic (exact) mass is 238 g/mol. The van der Waals surface area contributed by atoms with Crippen molar-refractivity contribution in [3.05, 3.63) is 52.1 Å². The van der Waals surface area contributed by atoms with Gasteiger partial charge in [0.15, 0.2) is 0 Å². The molecule has 0 bridgehead atoms. The van der Waals surface area contributed by atoms with E-state index in [0.29, 0.717) is 0 Å². The summed E-state index contributed by atoms with van der Waals surface area (Å²) in [4.78, 5) is 0. The molecule has 0 radical (unpaired) electrons. The van der Waals surface area contributed by atoms with Crippen molar-refractivity contribution in [2.75, 3.05) is 0 Å². The molecule has 2 aliphatic carbocycles. The van der Waals surface area contributed by atoms with Crippen LogP contribution in [-0.4, -0.2) is 0 Å². The fraction of sp³-hybridized carbons (Fsp3) is 0.444. The molecule has 0 aliphatic heterocycles. The van der Waals surface area contributed by atoms with Gasteiger partial charge in [0.2, 0.25) is 0 Å². The molecule has 0 N–H and O–H groups in total. The Hall–Kier alpha value is -1.30. The van der Waals surface area contributed by atoms with Crippen LogP contribution in [0.4, 0.5) is 0 Å². The molecule has 0 heteroatoms. The van der Waals surface area contributed by atoms with Gasteiger partial charge in [-0.1, -0.05) is 43.7 Å². The normalized spacial score (nSPS) is 21.2. The second-order valence-corrected chi connectivity index (χ2v) is 6.36. The summed E-state index contributed by atoms with van der Waals surface area (Å²) in [5.41, 5.74) is 9.42. The highest BCUT2D eigenvalue weighted by molar-refractivity contribution is 5.84. The molecule has 2 aliphatic rings. The first-order chi connectivity index (χ1) is 8.51. The van der Waals surface area contributed by atoms with Crippen LogP contribution in [0.25, 0.3) is 5.57 Å². The molecule has 1 aromatic carbocycles. The van der Waals surface area contributed by atoms with E-state index in [1.807, 2.05) is 0 Å². The van der Waals surface area contributed by atoms with Crippen LogP contribution in [0, 0.1) is 6.92 Å². The quantitative estimate of drug-likeness (QED) is 0.585. The first-order valence-corrected chi connectivity index (χ1v) is 7.03. The molecule has 0 heterocycles. The predicted octanol–water partition coefficient (Wildman–Crippen LogP) is 5.17. The van der Waals surface area contributed by atoms with E-state index in [1.165, 1.54) is 30.4 Å². The molecule has 1 aromatic rings. The average Bonchev–Trinajstić information content (AvgIpc) is 2.47. The third-order valence-corrected chi connectivity index (χ3v) is 4.64. The summed E-state index contributed by atoms with van der Waals surface area (Å²) >= 11 is 0. The summed E-state index contributed by atoms with van der Waals surface area (Å²) in [7, 11) is 0. The Balaban J connectivity index is 2.30. The van der Waals surface area contributed by atoms with Gasteiger partial charge in [-0.2, -0.15) is 0 Å². The van der Waals surface area contributed by atoms with Crippen LogP contribution >= 0.6 is 0 Å². The van der Waals surface area contributed by atoms with Gasteiger partial charge in [-0.05, 0) is 60.9 Å². The summed E-state index contributed by atoms with van der Waals surface area (Å²) in [6.45, 7) is 9.29. The molecule has 3 rings (SSSR count). The lowest BCUT2D eigenvalue weighted by Crippen LogP contribution is -2.16. The van der Waals surface area contributed by atoms with Gasteiger partial charge in [0.25, 0.3) is 0 Å². The fourth-order valence-electron chi connectivity index (χ4n) is 3.64. The zero-order valence-electron chi connectivity index (χ0n) is 11.9. The van der Waals surface area contributed by atoms with Crippen LogP contribution in [0.5, 0.6) is 0 Å². The number of fused-ring (bicyclic) bond motifs is 2. The second kappa shape index (κ2) is 3.85. The zero-order valence-corrected chi connectivity index (χ0v) is 11.9. The first kappa shape index (κ1) is 11.8. The van der Waals surface area contributed by atoms with Crippen molar-refractivity contribution < 1.29 is 0 Å². The molecule has 0 unspecified atom stereocenters. The van der Waals surface area contributed by atoms with Gasteiger partial charge < -0.3 is 0 Å². The summed E-state index contributed by atoms with van der Waals surface area (Å²) < 4.78 is 0. The van der Waals surface area contributed by atoms with Crippen LogP contribution in [0.3, 0.4) is 0 Å². The maximum absolute atomic E-state index is 2.46. The Morgan fingerprint density at radius 1 is 1.06 bits per heavy atom. The van der Waals surface area contributed by atoms with Gasteiger partial charge in [-0.25, -0.2) is 0 Å². The van der Waals surface area contributed by atoms with Crippen LogP contribution < -0.4 is 0 Å². The van der Waals surface area contributed by atoms with E-state index in [4.69, 9.17) is 0 Å². The Labute approximate surface area is 110 Å². The van der Waals surface area contributed by atoms with Crippen LogP contribution in [0.15, 0.2) is 35.4 Å². The molecule has 94 valence electrons. The third-order valence-electron chi connectivity index (χ3n) is 4.64. The van der Waals surface area contributed by atoms with Gasteiger partial charge in [-0.3, -0.25) is 0 Å². The minimum atomic E-state index is 0.183. The third kappa shape index (κ3) is 1.51. The van der Waals surface area contributed by atoms with E-state index in [2.05, 4.69) is 52.0 Å². The van der Waals surface area contributed by atoms with Crippen LogP contribution in [0.1, 0.15) is 56.7 Å². The number of benzene rings is 1. The molecule has 0 saturated heterocycles. The minimum Gasteiger partial charge on any atom is -0.0730 e. The Morgan fingerprint density at radius 3 is 2.61 bits per heavy atom. The van der Waals surface area contributed by atoms with E-state index in [-0.39, 0.29) is 5.41 Å². The average molecular weight is 238 g/mol. The van der Waals surface area contributed by atoms with Crippen molar-refractivity contribution in [2.24, 2.45) is 0 Å². The molecule has 0 spiro atoms. The number of aryl methyl sites for hydroxylation is 1. The SMILES string of the molecule is CC1=CC2=C(CCC1)c1c(C)cccc1C2(C)C. The Bertz CT molecular complexity index is 568. The molecule has 0 nitrogen and oxygen atoms in total. The van der Waals surface area contributed by atoms with E-state index < -0.39 is 0 Å². The number of allylic oxidation sites excluding steroid dienone is 4. The predicted molar refractivity (Wildman–Crippen MR) is 78.7 cm³/mol. The van der Waals surface area contributed by atoms with Crippen molar-refractivity contribution in [1.29, 1.82) is 0 Å². The van der Waals surface area contributed by atoms with Gasteiger partial charge >= 0.3 is 0 Å². The van der Waals surface area contributed by atoms with E-state index in [9.17, 15) is 0 Å². The lowest BCUT2D eigenvalue weighted by Gasteiger charge is -2.23. The maximum Gasteiger partial charge on any atom is 0.0155 e. The fourth-order valence-corrected chi connectivity index (χ4v) is 3.64. The molecular formula is C18H22. The lowest BCUT2D eigenvalue weighted by molar-refractivity contribution is 0.652. The van der Waals surface area contributed by atoms with Gasteiger partial charge in [0.05, 0.1) is 0 Å². The van der Waals surface area contributed by atoms with Crippen molar-refractivity contribution in [3.63, 3.8) is 0 Å². The maximum atomic E-state index is 2.46. The number of rotatable bonds is 0. The van der Waals surface area contributed by atoms with Crippen LogP contribution in [-0.2, 0) is 5.41 Å². The van der Waals surface area contributed by atoms with Gasteiger partial charge in [0.1, 0.15) is 0 Å². The van der Waals surface area contributed by atoms with Gasteiger partial charge in [-0.15, -0.1) is 0 Å². The largest absolute Gasteiger partial charge is 0.0730 e. The zero-order chi connectivity index (χ0) is 12.9. The summed E-state index contributed by atoms with van der Waals surface area (Å²) in [6.07, 6.45) is 6.25. The lowest BCUT2D eigenvalue weighted by atomic mass is 9.80. The highest BCUT2D eigenvalue weighted by Crippen LogP contribution is 2.50. The summed E-state index contributed by atoms with van der Waals surface area (Å²) in [5, 5.41) is 0. The molecule has 0 amide bonds. The smallest absolute Gasteiger partial charge is 0.0155 e.